The predicted octanol–water partition coefficient (Wildman–Crippen LogP) is 3.35. The van der Waals surface area contributed by atoms with Crippen molar-refractivity contribution in [3.05, 3.63) is 41.0 Å². The summed E-state index contributed by atoms with van der Waals surface area (Å²) in [4.78, 5) is 0. The Hall–Kier alpha value is -1.04. The van der Waals surface area contributed by atoms with Crippen LogP contribution in [0.5, 0.6) is 0 Å². The van der Waals surface area contributed by atoms with Gasteiger partial charge in [-0.1, -0.05) is 29.8 Å². The van der Waals surface area contributed by atoms with Crippen LogP contribution < -0.4 is 0 Å². The molecule has 0 heteroatoms. The molecule has 0 saturated carbocycles. The van der Waals surface area contributed by atoms with Crippen molar-refractivity contribution < 1.29 is 0 Å². The van der Waals surface area contributed by atoms with Gasteiger partial charge in [-0.15, -0.1) is 0 Å². The number of fused-ring (bicyclic) bond motifs is 4. The summed E-state index contributed by atoms with van der Waals surface area (Å²) in [7, 11) is 0. The number of hydrogen-bond donors (Lipinski definition) is 0. The smallest absolute Gasteiger partial charge is 0.00606 e. The first-order chi connectivity index (χ1) is 5.88. The number of benzene rings is 1. The Morgan fingerprint density at radius 1 is 1.25 bits per heavy atom. The Kier molecular flexibility index (Phi) is 1.08. The first kappa shape index (κ1) is 6.47. The normalized spacial score (nSPS) is 24.9. The summed E-state index contributed by atoms with van der Waals surface area (Å²) in [6.45, 7) is 2.30. The van der Waals surface area contributed by atoms with Crippen LogP contribution in [0.3, 0.4) is 0 Å². The highest BCUT2D eigenvalue weighted by Crippen LogP contribution is 2.52. The molecular formula is C12H12. The third-order valence-electron chi connectivity index (χ3n) is 3.34. The molecular weight excluding hydrogens is 144 g/mol. The van der Waals surface area contributed by atoms with E-state index in [1.54, 1.807) is 16.7 Å². The zero-order chi connectivity index (χ0) is 8.13. The summed E-state index contributed by atoms with van der Waals surface area (Å²) in [5.74, 6) is 0.774. The van der Waals surface area contributed by atoms with Gasteiger partial charge in [0.25, 0.3) is 0 Å². The van der Waals surface area contributed by atoms with Crippen molar-refractivity contribution in [3.8, 4) is 0 Å². The lowest BCUT2D eigenvalue weighted by molar-refractivity contribution is 0.760. The van der Waals surface area contributed by atoms with Crippen LogP contribution in [-0.2, 0) is 0 Å². The van der Waals surface area contributed by atoms with Gasteiger partial charge in [-0.05, 0) is 36.5 Å². The Balaban J connectivity index is 2.30. The molecule has 0 nitrogen and oxygen atoms in total. The zero-order valence-corrected chi connectivity index (χ0v) is 7.30. The van der Waals surface area contributed by atoms with Gasteiger partial charge in [-0.3, -0.25) is 0 Å². The maximum absolute atomic E-state index is 2.30. The predicted molar refractivity (Wildman–Crippen MR) is 51.0 cm³/mol. The second-order valence-corrected chi connectivity index (χ2v) is 3.84. The molecule has 0 spiro atoms. The van der Waals surface area contributed by atoms with Gasteiger partial charge in [0, 0.05) is 5.92 Å². The maximum Gasteiger partial charge on any atom is 0.00606 e. The molecule has 1 aromatic rings. The highest BCUT2D eigenvalue weighted by atomic mass is 14.4. The first-order valence-corrected chi connectivity index (χ1v) is 4.67. The molecule has 0 aliphatic heterocycles. The van der Waals surface area contributed by atoms with E-state index in [1.165, 1.54) is 18.4 Å². The van der Waals surface area contributed by atoms with Crippen molar-refractivity contribution in [1.82, 2.24) is 0 Å². The Labute approximate surface area is 72.9 Å². The minimum atomic E-state index is 0.774. The molecule has 3 rings (SSSR count). The fourth-order valence-electron chi connectivity index (χ4n) is 2.72. The first-order valence-electron chi connectivity index (χ1n) is 4.67. The molecule has 12 heavy (non-hydrogen) atoms. The van der Waals surface area contributed by atoms with E-state index in [0.717, 1.165) is 5.92 Å². The van der Waals surface area contributed by atoms with Gasteiger partial charge in [0.1, 0.15) is 0 Å². The fourth-order valence-corrected chi connectivity index (χ4v) is 2.72. The van der Waals surface area contributed by atoms with Gasteiger partial charge in [0.15, 0.2) is 0 Å². The molecule has 2 aliphatic carbocycles. The van der Waals surface area contributed by atoms with Crippen LogP contribution in [0.2, 0.25) is 0 Å². The summed E-state index contributed by atoms with van der Waals surface area (Å²) in [6, 6.07) is 8.87. The van der Waals surface area contributed by atoms with E-state index in [9.17, 15) is 0 Å². The Bertz CT molecular complexity index is 371. The van der Waals surface area contributed by atoms with Gasteiger partial charge in [0.05, 0.1) is 0 Å². The average Bonchev–Trinajstić information content (AvgIpc) is 2.61. The lowest BCUT2D eigenvalue weighted by atomic mass is 9.90. The Morgan fingerprint density at radius 3 is 2.92 bits per heavy atom. The van der Waals surface area contributed by atoms with Gasteiger partial charge in [0.2, 0.25) is 0 Å². The Morgan fingerprint density at radius 2 is 2.08 bits per heavy atom. The van der Waals surface area contributed by atoms with Crippen LogP contribution >= 0.6 is 0 Å². The molecule has 1 unspecified atom stereocenters. The number of hydrogen-bond acceptors (Lipinski definition) is 0. The van der Waals surface area contributed by atoms with Crippen LogP contribution in [0, 0.1) is 0 Å². The van der Waals surface area contributed by atoms with Crippen molar-refractivity contribution in [3.63, 3.8) is 0 Å². The molecule has 60 valence electrons. The van der Waals surface area contributed by atoms with Gasteiger partial charge in [-0.25, -0.2) is 0 Å². The van der Waals surface area contributed by atoms with Crippen LogP contribution in [0.1, 0.15) is 36.8 Å². The van der Waals surface area contributed by atoms with Gasteiger partial charge in [-0.2, -0.15) is 0 Å². The summed E-state index contributed by atoms with van der Waals surface area (Å²) in [6.07, 6.45) is 2.67. The van der Waals surface area contributed by atoms with Crippen LogP contribution in [0.4, 0.5) is 0 Å². The largest absolute Gasteiger partial charge is 0.0620 e. The summed E-state index contributed by atoms with van der Waals surface area (Å²) < 4.78 is 0. The average molecular weight is 156 g/mol. The molecule has 0 saturated heterocycles. The van der Waals surface area contributed by atoms with E-state index >= 15 is 0 Å². The van der Waals surface area contributed by atoms with Crippen molar-refractivity contribution in [2.75, 3.05) is 0 Å². The van der Waals surface area contributed by atoms with Crippen molar-refractivity contribution in [1.29, 1.82) is 0 Å². The van der Waals surface area contributed by atoms with Crippen molar-refractivity contribution in [2.24, 2.45) is 0 Å². The second-order valence-electron chi connectivity index (χ2n) is 3.84. The standard InChI is InChI=1S/C12H12/c1-8-9-6-7-10(8)12-5-3-2-4-11(9)12/h2-5,9H,6-7H2,1H3. The van der Waals surface area contributed by atoms with Gasteiger partial charge >= 0.3 is 0 Å². The second kappa shape index (κ2) is 2.01. The molecule has 0 amide bonds. The van der Waals surface area contributed by atoms with Crippen molar-refractivity contribution >= 4 is 5.57 Å². The van der Waals surface area contributed by atoms with E-state index in [1.807, 2.05) is 0 Å². The van der Waals surface area contributed by atoms with E-state index in [4.69, 9.17) is 0 Å². The van der Waals surface area contributed by atoms with E-state index in [2.05, 4.69) is 31.2 Å². The molecule has 1 aromatic carbocycles. The highest BCUT2D eigenvalue weighted by molar-refractivity contribution is 5.80. The summed E-state index contributed by atoms with van der Waals surface area (Å²) in [5.41, 5.74) is 6.38. The molecule has 2 bridgehead atoms. The van der Waals surface area contributed by atoms with Crippen molar-refractivity contribution in [2.45, 2.75) is 25.7 Å². The molecule has 0 fully saturated rings. The topological polar surface area (TPSA) is 0 Å². The molecule has 0 radical (unpaired) electrons. The maximum atomic E-state index is 2.30. The quantitative estimate of drug-likeness (QED) is 0.540. The third kappa shape index (κ3) is 0.592. The highest BCUT2D eigenvalue weighted by Gasteiger charge is 2.33. The monoisotopic (exact) mass is 156 g/mol. The molecule has 0 N–H and O–H groups in total. The van der Waals surface area contributed by atoms with Crippen LogP contribution in [0.25, 0.3) is 5.57 Å². The lowest BCUT2D eigenvalue weighted by Crippen LogP contribution is -1.97. The van der Waals surface area contributed by atoms with E-state index in [0.29, 0.717) is 0 Å². The fraction of sp³-hybridized carbons (Fsp3) is 0.333. The molecule has 0 aromatic heterocycles. The summed E-state index contributed by atoms with van der Waals surface area (Å²) >= 11 is 0. The minimum absolute atomic E-state index is 0.774. The number of rotatable bonds is 0. The lowest BCUT2D eigenvalue weighted by Gasteiger charge is -2.14. The van der Waals surface area contributed by atoms with E-state index < -0.39 is 0 Å². The third-order valence-corrected chi connectivity index (χ3v) is 3.34. The number of allylic oxidation sites excluding steroid dienone is 2. The summed E-state index contributed by atoms with van der Waals surface area (Å²) in [5, 5.41) is 0. The van der Waals surface area contributed by atoms with E-state index in [-0.39, 0.29) is 0 Å². The molecule has 1 atom stereocenters. The van der Waals surface area contributed by atoms with Crippen LogP contribution in [0.15, 0.2) is 29.8 Å². The molecule has 0 heterocycles. The SMILES string of the molecule is CC1=C2CCC1c1ccccc12. The zero-order valence-electron chi connectivity index (χ0n) is 7.30. The van der Waals surface area contributed by atoms with Gasteiger partial charge < -0.3 is 0 Å². The molecule has 2 aliphatic rings. The minimum Gasteiger partial charge on any atom is -0.0620 e. The van der Waals surface area contributed by atoms with Crippen LogP contribution in [-0.4, -0.2) is 0 Å².